The summed E-state index contributed by atoms with van der Waals surface area (Å²) in [7, 11) is -3.21. The minimum absolute atomic E-state index is 0.154. The van der Waals surface area contributed by atoms with E-state index in [1.54, 1.807) is 13.8 Å². The van der Waals surface area contributed by atoms with E-state index in [0.29, 0.717) is 13.0 Å². The van der Waals surface area contributed by atoms with E-state index < -0.39 is 15.6 Å². The zero-order valence-electron chi connectivity index (χ0n) is 13.3. The number of piperidine rings is 1. The minimum atomic E-state index is -3.21. The summed E-state index contributed by atoms with van der Waals surface area (Å²) in [6.45, 7) is 5.89. The van der Waals surface area contributed by atoms with Crippen molar-refractivity contribution in [2.75, 3.05) is 19.6 Å². The Morgan fingerprint density at radius 2 is 1.86 bits per heavy atom. The Bertz CT molecular complexity index is 425. The zero-order valence-corrected chi connectivity index (χ0v) is 14.2. The van der Waals surface area contributed by atoms with Crippen molar-refractivity contribution in [2.24, 2.45) is 0 Å². The van der Waals surface area contributed by atoms with Crippen molar-refractivity contribution in [3.63, 3.8) is 0 Å². The molecule has 0 radical (unpaired) electrons. The lowest BCUT2D eigenvalue weighted by Gasteiger charge is -2.34. The molecule has 2 fully saturated rings. The van der Waals surface area contributed by atoms with Crippen LogP contribution in [-0.2, 0) is 10.0 Å². The van der Waals surface area contributed by atoms with Crippen molar-refractivity contribution in [2.45, 2.75) is 75.7 Å². The summed E-state index contributed by atoms with van der Waals surface area (Å²) < 4.78 is 27.9. The molecule has 6 heteroatoms. The molecule has 2 aliphatic rings. The first-order valence-electron chi connectivity index (χ1n) is 8.22. The van der Waals surface area contributed by atoms with E-state index in [4.69, 9.17) is 0 Å². The van der Waals surface area contributed by atoms with Crippen LogP contribution < -0.4 is 4.72 Å². The van der Waals surface area contributed by atoms with E-state index in [-0.39, 0.29) is 11.3 Å². The minimum Gasteiger partial charge on any atom is -0.390 e. The number of aliphatic hydroxyl groups is 1. The summed E-state index contributed by atoms with van der Waals surface area (Å²) in [6, 6.07) is 0.154. The first-order chi connectivity index (χ1) is 9.76. The van der Waals surface area contributed by atoms with Gasteiger partial charge in [-0.15, -0.1) is 0 Å². The Labute approximate surface area is 129 Å². The highest BCUT2D eigenvalue weighted by Crippen LogP contribution is 2.22. The molecule has 5 nitrogen and oxygen atoms in total. The van der Waals surface area contributed by atoms with Crippen LogP contribution in [0, 0.1) is 0 Å². The highest BCUT2D eigenvalue weighted by atomic mass is 32.2. The van der Waals surface area contributed by atoms with Gasteiger partial charge in [0.2, 0.25) is 10.0 Å². The molecule has 1 heterocycles. The maximum Gasteiger partial charge on any atom is 0.215 e. The van der Waals surface area contributed by atoms with Crippen LogP contribution in [0.5, 0.6) is 0 Å². The Kier molecular flexibility index (Phi) is 5.68. The lowest BCUT2D eigenvalue weighted by molar-refractivity contribution is 0.0552. The van der Waals surface area contributed by atoms with Crippen molar-refractivity contribution in [1.29, 1.82) is 0 Å². The Hall–Kier alpha value is -0.170. The van der Waals surface area contributed by atoms with Gasteiger partial charge in [-0.05, 0) is 52.5 Å². The van der Waals surface area contributed by atoms with Crippen LogP contribution in [0.15, 0.2) is 0 Å². The Morgan fingerprint density at radius 1 is 1.19 bits per heavy atom. The van der Waals surface area contributed by atoms with Crippen molar-refractivity contribution >= 4 is 10.0 Å². The number of hydrogen-bond donors (Lipinski definition) is 2. The molecule has 1 atom stereocenters. The highest BCUT2D eigenvalue weighted by Gasteiger charge is 2.33. The van der Waals surface area contributed by atoms with Gasteiger partial charge in [-0.1, -0.05) is 12.8 Å². The lowest BCUT2D eigenvalue weighted by Crippen LogP contribution is -2.49. The molecule has 0 aromatic rings. The van der Waals surface area contributed by atoms with E-state index in [2.05, 4.69) is 9.62 Å². The molecule has 21 heavy (non-hydrogen) atoms. The molecule has 2 N–H and O–H groups in total. The first kappa shape index (κ1) is 17.2. The fraction of sp³-hybridized carbons (Fsp3) is 1.00. The molecule has 124 valence electrons. The Morgan fingerprint density at radius 3 is 2.48 bits per heavy atom. The van der Waals surface area contributed by atoms with Crippen molar-refractivity contribution in [1.82, 2.24) is 9.62 Å². The maximum absolute atomic E-state index is 12.5. The monoisotopic (exact) mass is 318 g/mol. The summed E-state index contributed by atoms with van der Waals surface area (Å²) >= 11 is 0. The molecule has 0 aromatic heterocycles. The van der Waals surface area contributed by atoms with Gasteiger partial charge in [0.05, 0.1) is 10.9 Å². The van der Waals surface area contributed by atoms with E-state index >= 15 is 0 Å². The second kappa shape index (κ2) is 6.94. The van der Waals surface area contributed by atoms with Gasteiger partial charge in [-0.25, -0.2) is 13.1 Å². The summed E-state index contributed by atoms with van der Waals surface area (Å²) in [5.41, 5.74) is -0.687. The molecule has 1 aliphatic heterocycles. The molecule has 0 unspecified atom stereocenters. The van der Waals surface area contributed by atoms with Crippen molar-refractivity contribution in [3.8, 4) is 0 Å². The van der Waals surface area contributed by atoms with Gasteiger partial charge in [-0.3, -0.25) is 0 Å². The molecule has 0 spiro atoms. The third kappa shape index (κ3) is 5.51. The molecular weight excluding hydrogens is 288 g/mol. The van der Waals surface area contributed by atoms with E-state index in [1.165, 1.54) is 0 Å². The van der Waals surface area contributed by atoms with Crippen LogP contribution in [0.25, 0.3) is 0 Å². The molecule has 1 aliphatic carbocycles. The first-order valence-corrected chi connectivity index (χ1v) is 9.77. The van der Waals surface area contributed by atoms with Gasteiger partial charge in [0, 0.05) is 19.1 Å². The van der Waals surface area contributed by atoms with Crippen molar-refractivity contribution in [3.05, 3.63) is 0 Å². The van der Waals surface area contributed by atoms with Gasteiger partial charge in [0.25, 0.3) is 0 Å². The van der Waals surface area contributed by atoms with E-state index in [9.17, 15) is 13.5 Å². The summed E-state index contributed by atoms with van der Waals surface area (Å²) in [6.07, 6.45) is 6.58. The van der Waals surface area contributed by atoms with Gasteiger partial charge in [0.15, 0.2) is 0 Å². The molecule has 0 aromatic carbocycles. The summed E-state index contributed by atoms with van der Waals surface area (Å²) in [4.78, 5) is 2.18. The van der Waals surface area contributed by atoms with Crippen molar-refractivity contribution < 1.29 is 13.5 Å². The van der Waals surface area contributed by atoms with E-state index in [1.807, 2.05) is 0 Å². The topological polar surface area (TPSA) is 69.6 Å². The van der Waals surface area contributed by atoms with Crippen LogP contribution in [0.2, 0.25) is 0 Å². The SMILES string of the molecule is CC(C)(O)CCN1CCC[C@@H](S(=O)(=O)NC2CCCC2)C1. The van der Waals surface area contributed by atoms with Crippen LogP contribution in [0.1, 0.15) is 58.8 Å². The van der Waals surface area contributed by atoms with Gasteiger partial charge < -0.3 is 10.0 Å². The largest absolute Gasteiger partial charge is 0.390 e. The average molecular weight is 318 g/mol. The molecule has 1 saturated heterocycles. The average Bonchev–Trinajstić information content (AvgIpc) is 2.88. The number of rotatable bonds is 6. The second-order valence-corrected chi connectivity index (χ2v) is 9.26. The molecular formula is C15H30N2O3S. The predicted molar refractivity (Wildman–Crippen MR) is 84.7 cm³/mol. The number of nitrogens with one attached hydrogen (secondary N) is 1. The quantitative estimate of drug-likeness (QED) is 0.778. The smallest absolute Gasteiger partial charge is 0.215 e. The number of likely N-dealkylation sites (tertiary alicyclic amines) is 1. The zero-order chi connectivity index (χ0) is 15.5. The molecule has 1 saturated carbocycles. The highest BCUT2D eigenvalue weighted by molar-refractivity contribution is 7.90. The van der Waals surface area contributed by atoms with Gasteiger partial charge >= 0.3 is 0 Å². The van der Waals surface area contributed by atoms with Crippen LogP contribution in [0.3, 0.4) is 0 Å². The Balaban J connectivity index is 1.87. The fourth-order valence-corrected chi connectivity index (χ4v) is 5.05. The van der Waals surface area contributed by atoms with Crippen LogP contribution in [0.4, 0.5) is 0 Å². The third-order valence-electron chi connectivity index (χ3n) is 4.63. The summed E-state index contributed by atoms with van der Waals surface area (Å²) in [5.74, 6) is 0. The molecule has 0 bridgehead atoms. The van der Waals surface area contributed by atoms with Crippen LogP contribution >= 0.6 is 0 Å². The fourth-order valence-electron chi connectivity index (χ4n) is 3.27. The standard InChI is InChI=1S/C15H30N2O3S/c1-15(2,18)9-11-17-10-5-8-14(12-17)21(19,20)16-13-6-3-4-7-13/h13-14,16,18H,3-12H2,1-2H3/t14-/m1/s1. The van der Waals surface area contributed by atoms with Gasteiger partial charge in [0.1, 0.15) is 0 Å². The molecule has 2 rings (SSSR count). The van der Waals surface area contributed by atoms with Gasteiger partial charge in [-0.2, -0.15) is 0 Å². The number of hydrogen-bond acceptors (Lipinski definition) is 4. The number of sulfonamides is 1. The van der Waals surface area contributed by atoms with Crippen LogP contribution in [-0.4, -0.2) is 55.0 Å². The lowest BCUT2D eigenvalue weighted by atomic mass is 10.0. The second-order valence-electron chi connectivity index (χ2n) is 7.27. The maximum atomic E-state index is 12.5. The number of nitrogens with zero attached hydrogens (tertiary/aromatic N) is 1. The summed E-state index contributed by atoms with van der Waals surface area (Å²) in [5, 5.41) is 9.51. The normalized spacial score (nSPS) is 26.3. The molecule has 0 amide bonds. The van der Waals surface area contributed by atoms with E-state index in [0.717, 1.165) is 51.6 Å². The predicted octanol–water partition coefficient (Wildman–Crippen LogP) is 1.47. The third-order valence-corrected chi connectivity index (χ3v) is 6.55.